The topological polar surface area (TPSA) is 154 Å². The Morgan fingerprint density at radius 3 is 2.31 bits per heavy atom. The molecule has 1 aromatic rings. The minimum Gasteiger partial charge on any atom is -0.480 e. The minimum atomic E-state index is -4.15. The maximum Gasteiger partial charge on any atom is 0.323 e. The van der Waals surface area contributed by atoms with Gasteiger partial charge in [0.05, 0.1) is 4.90 Å². The Labute approximate surface area is 207 Å². The zero-order valence-corrected chi connectivity index (χ0v) is 21.5. The molecule has 1 fully saturated rings. The Kier molecular flexibility index (Phi) is 10.7. The molecule has 35 heavy (non-hydrogen) atoms. The monoisotopic (exact) mass is 510 g/mol. The first kappa shape index (κ1) is 28.7. The Bertz CT molecular complexity index is 984. The molecule has 0 aromatic heterocycles. The molecule has 0 bridgehead atoms. The van der Waals surface area contributed by atoms with E-state index in [-0.39, 0.29) is 23.8 Å². The molecule has 1 saturated heterocycles. The Morgan fingerprint density at radius 2 is 1.69 bits per heavy atom. The smallest absolute Gasteiger partial charge is 0.323 e. The standard InChI is InChI=1S/C24H38N4O6S/c1-24(2,3)18-6-4-5-7-20(18)35(33,34)28-19(23(31)32)16-27-22(30)12-15-26-21(29)9-8-17-10-13-25-14-11-17/h4-7,17,19,25,28H,8-16H2,1-3H3,(H,26,29)(H,27,30)(H,31,32). The van der Waals surface area contributed by atoms with Crippen LogP contribution in [0.3, 0.4) is 0 Å². The fourth-order valence-electron chi connectivity index (χ4n) is 3.96. The van der Waals surface area contributed by atoms with Crippen molar-refractivity contribution in [3.05, 3.63) is 29.8 Å². The molecule has 1 unspecified atom stereocenters. The number of hydrogen-bond acceptors (Lipinski definition) is 6. The molecule has 0 aliphatic carbocycles. The van der Waals surface area contributed by atoms with Gasteiger partial charge in [0.15, 0.2) is 0 Å². The van der Waals surface area contributed by atoms with Gasteiger partial charge >= 0.3 is 5.97 Å². The number of nitrogens with one attached hydrogen (secondary N) is 4. The molecular formula is C24H38N4O6S. The van der Waals surface area contributed by atoms with Gasteiger partial charge in [-0.05, 0) is 55.3 Å². The maximum absolute atomic E-state index is 12.9. The van der Waals surface area contributed by atoms with Crippen molar-refractivity contribution < 1.29 is 27.9 Å². The maximum atomic E-state index is 12.9. The summed E-state index contributed by atoms with van der Waals surface area (Å²) >= 11 is 0. The Morgan fingerprint density at radius 1 is 1.06 bits per heavy atom. The van der Waals surface area contributed by atoms with Crippen LogP contribution >= 0.6 is 0 Å². The van der Waals surface area contributed by atoms with Gasteiger partial charge in [0.25, 0.3) is 0 Å². The number of carbonyl (C=O) groups is 3. The number of sulfonamides is 1. The second-order valence-corrected chi connectivity index (χ2v) is 11.6. The molecule has 2 amide bonds. The number of aliphatic carboxylic acids is 1. The van der Waals surface area contributed by atoms with Crippen LogP contribution in [0.15, 0.2) is 29.2 Å². The molecule has 1 aromatic carbocycles. The van der Waals surface area contributed by atoms with Crippen LogP contribution < -0.4 is 20.7 Å². The van der Waals surface area contributed by atoms with E-state index in [2.05, 4.69) is 20.7 Å². The van der Waals surface area contributed by atoms with Crippen molar-refractivity contribution in [3.8, 4) is 0 Å². The fraction of sp³-hybridized carbons (Fsp3) is 0.625. The average molecular weight is 511 g/mol. The SMILES string of the molecule is CC(C)(C)c1ccccc1S(=O)(=O)NC(CNC(=O)CCNC(=O)CCC1CCNCC1)C(=O)O. The van der Waals surface area contributed by atoms with Crippen LogP contribution in [0.25, 0.3) is 0 Å². The van der Waals surface area contributed by atoms with Crippen LogP contribution in [-0.4, -0.2) is 63.5 Å². The highest BCUT2D eigenvalue weighted by atomic mass is 32.2. The first-order valence-electron chi connectivity index (χ1n) is 12.0. The summed E-state index contributed by atoms with van der Waals surface area (Å²) in [5.74, 6) is -1.47. The normalized spacial score (nSPS) is 15.9. The predicted octanol–water partition coefficient (Wildman–Crippen LogP) is 1.12. The van der Waals surface area contributed by atoms with Gasteiger partial charge < -0.3 is 21.1 Å². The average Bonchev–Trinajstić information content (AvgIpc) is 2.80. The summed E-state index contributed by atoms with van der Waals surface area (Å²) in [7, 11) is -4.15. The molecule has 10 nitrogen and oxygen atoms in total. The van der Waals surface area contributed by atoms with Gasteiger partial charge in [-0.2, -0.15) is 4.72 Å². The lowest BCUT2D eigenvalue weighted by molar-refractivity contribution is -0.138. The van der Waals surface area contributed by atoms with Crippen molar-refractivity contribution in [1.82, 2.24) is 20.7 Å². The molecule has 2 rings (SSSR count). The minimum absolute atomic E-state index is 0.00252. The summed E-state index contributed by atoms with van der Waals surface area (Å²) in [6.45, 7) is 7.24. The van der Waals surface area contributed by atoms with Crippen molar-refractivity contribution in [2.45, 2.75) is 69.2 Å². The summed E-state index contributed by atoms with van der Waals surface area (Å²) in [6.07, 6.45) is 3.31. The number of amides is 2. The second-order valence-electron chi connectivity index (χ2n) is 9.89. The van der Waals surface area contributed by atoms with Crippen molar-refractivity contribution in [2.24, 2.45) is 5.92 Å². The summed E-state index contributed by atoms with van der Waals surface area (Å²) in [6, 6.07) is 4.86. The van der Waals surface area contributed by atoms with Gasteiger partial charge in [0, 0.05) is 25.9 Å². The molecule has 1 aliphatic heterocycles. The predicted molar refractivity (Wildman–Crippen MR) is 132 cm³/mol. The van der Waals surface area contributed by atoms with Crippen LogP contribution in [0.4, 0.5) is 0 Å². The van der Waals surface area contributed by atoms with Gasteiger partial charge in [-0.1, -0.05) is 39.0 Å². The van der Waals surface area contributed by atoms with Crippen LogP contribution in [0, 0.1) is 5.92 Å². The number of piperidine rings is 1. The first-order valence-corrected chi connectivity index (χ1v) is 13.5. The van der Waals surface area contributed by atoms with Gasteiger partial charge in [-0.25, -0.2) is 8.42 Å². The number of rotatable bonds is 12. The quantitative estimate of drug-likeness (QED) is 0.282. The summed E-state index contributed by atoms with van der Waals surface area (Å²) in [4.78, 5) is 35.8. The van der Waals surface area contributed by atoms with Gasteiger partial charge in [0.1, 0.15) is 6.04 Å². The highest BCUT2D eigenvalue weighted by Gasteiger charge is 2.30. The molecule has 196 valence electrons. The van der Waals surface area contributed by atoms with Crippen molar-refractivity contribution >= 4 is 27.8 Å². The third-order valence-corrected chi connectivity index (χ3v) is 7.53. The van der Waals surface area contributed by atoms with E-state index in [1.54, 1.807) is 18.2 Å². The summed E-state index contributed by atoms with van der Waals surface area (Å²) in [5.41, 5.74) is 0.0765. The van der Waals surface area contributed by atoms with Crippen LogP contribution in [0.1, 0.15) is 58.4 Å². The highest BCUT2D eigenvalue weighted by molar-refractivity contribution is 7.89. The van der Waals surface area contributed by atoms with Gasteiger partial charge in [-0.3, -0.25) is 14.4 Å². The molecule has 5 N–H and O–H groups in total. The van der Waals surface area contributed by atoms with E-state index >= 15 is 0 Å². The molecular weight excluding hydrogens is 472 g/mol. The van der Waals surface area contributed by atoms with E-state index in [9.17, 15) is 27.9 Å². The van der Waals surface area contributed by atoms with E-state index in [4.69, 9.17) is 0 Å². The molecule has 0 saturated carbocycles. The lowest BCUT2D eigenvalue weighted by Crippen LogP contribution is -2.48. The van der Waals surface area contributed by atoms with Crippen molar-refractivity contribution in [3.63, 3.8) is 0 Å². The molecule has 1 atom stereocenters. The van der Waals surface area contributed by atoms with E-state index < -0.39 is 39.9 Å². The van der Waals surface area contributed by atoms with Crippen LogP contribution in [0.5, 0.6) is 0 Å². The second kappa shape index (κ2) is 13.0. The van der Waals surface area contributed by atoms with Crippen molar-refractivity contribution in [2.75, 3.05) is 26.2 Å². The van der Waals surface area contributed by atoms with E-state index in [1.165, 1.54) is 6.07 Å². The lowest BCUT2D eigenvalue weighted by Gasteiger charge is -2.24. The number of carboxylic acid groups (broad SMARTS) is 1. The fourth-order valence-corrected chi connectivity index (χ4v) is 5.57. The third-order valence-electron chi connectivity index (χ3n) is 6.00. The number of carbonyl (C=O) groups excluding carboxylic acids is 2. The Hall–Kier alpha value is -2.50. The molecule has 11 heteroatoms. The van der Waals surface area contributed by atoms with Crippen LogP contribution in [-0.2, 0) is 29.8 Å². The zero-order valence-electron chi connectivity index (χ0n) is 20.7. The number of benzene rings is 1. The summed E-state index contributed by atoms with van der Waals surface area (Å²) in [5, 5.41) is 17.9. The van der Waals surface area contributed by atoms with Crippen LogP contribution in [0.2, 0.25) is 0 Å². The first-order chi connectivity index (χ1) is 16.4. The van der Waals surface area contributed by atoms with E-state index in [0.29, 0.717) is 17.9 Å². The van der Waals surface area contributed by atoms with Crippen molar-refractivity contribution in [1.29, 1.82) is 0 Å². The number of hydrogen-bond donors (Lipinski definition) is 5. The lowest BCUT2D eigenvalue weighted by atomic mass is 9.87. The van der Waals surface area contributed by atoms with E-state index in [1.807, 2.05) is 20.8 Å². The largest absolute Gasteiger partial charge is 0.480 e. The van der Waals surface area contributed by atoms with Gasteiger partial charge in [-0.15, -0.1) is 0 Å². The highest BCUT2D eigenvalue weighted by Crippen LogP contribution is 2.28. The molecule has 0 spiro atoms. The van der Waals surface area contributed by atoms with E-state index in [0.717, 1.165) is 32.4 Å². The molecule has 1 aliphatic rings. The Balaban J connectivity index is 1.82. The third kappa shape index (κ3) is 9.58. The summed E-state index contributed by atoms with van der Waals surface area (Å²) < 4.78 is 28.1. The molecule has 1 heterocycles. The molecule has 0 radical (unpaired) electrons. The zero-order chi connectivity index (χ0) is 26.1. The number of carboxylic acids is 1. The van der Waals surface area contributed by atoms with Gasteiger partial charge in [0.2, 0.25) is 21.8 Å².